The summed E-state index contributed by atoms with van der Waals surface area (Å²) >= 11 is 0. The minimum absolute atomic E-state index is 0.523. The van der Waals surface area contributed by atoms with E-state index in [9.17, 15) is 5.11 Å². The van der Waals surface area contributed by atoms with Crippen LogP contribution in [0.25, 0.3) is 0 Å². The number of aromatic nitrogens is 1. The smallest absolute Gasteiger partial charge is 0.119 e. The number of aryl methyl sites for hydroxylation is 1. The van der Waals surface area contributed by atoms with E-state index in [1.54, 1.807) is 6.20 Å². The number of hydrogen-bond acceptors (Lipinski definition) is 2. The van der Waals surface area contributed by atoms with Crippen molar-refractivity contribution in [3.63, 3.8) is 0 Å². The first-order chi connectivity index (χ1) is 10.7. The van der Waals surface area contributed by atoms with Crippen molar-refractivity contribution in [1.82, 2.24) is 4.98 Å². The number of pyridine rings is 1. The van der Waals surface area contributed by atoms with Crippen LogP contribution in [0.15, 0.2) is 79.1 Å². The molecule has 1 N–H and O–H groups in total. The molecule has 2 heteroatoms. The van der Waals surface area contributed by atoms with Gasteiger partial charge in [0.1, 0.15) is 5.60 Å². The summed E-state index contributed by atoms with van der Waals surface area (Å²) in [4.78, 5) is 4.14. The summed E-state index contributed by atoms with van der Waals surface area (Å²) in [6.07, 6.45) is 4.14. The van der Waals surface area contributed by atoms with E-state index in [1.165, 1.54) is 0 Å². The number of aliphatic hydroxyl groups is 1. The molecule has 0 aliphatic heterocycles. The third-order valence-electron chi connectivity index (χ3n) is 4.09. The summed E-state index contributed by atoms with van der Waals surface area (Å²) in [5, 5.41) is 11.5. The molecule has 0 unspecified atom stereocenters. The number of nitrogens with zero attached hydrogens (tertiary/aromatic N) is 1. The quantitative estimate of drug-likeness (QED) is 0.791. The van der Waals surface area contributed by atoms with Gasteiger partial charge in [-0.3, -0.25) is 4.98 Å². The minimum atomic E-state index is -1.05. The van der Waals surface area contributed by atoms with Crippen molar-refractivity contribution in [2.75, 3.05) is 0 Å². The van der Waals surface area contributed by atoms with E-state index in [-0.39, 0.29) is 0 Å². The first-order valence-electron chi connectivity index (χ1n) is 7.43. The zero-order valence-electron chi connectivity index (χ0n) is 12.6. The van der Waals surface area contributed by atoms with Gasteiger partial charge in [0.15, 0.2) is 0 Å². The van der Waals surface area contributed by atoms with Crippen LogP contribution in [0.1, 0.15) is 22.3 Å². The van der Waals surface area contributed by atoms with Crippen LogP contribution in [0.5, 0.6) is 0 Å². The maximum Gasteiger partial charge on any atom is 0.119 e. The highest BCUT2D eigenvalue weighted by Crippen LogP contribution is 2.33. The van der Waals surface area contributed by atoms with Crippen molar-refractivity contribution in [2.45, 2.75) is 18.9 Å². The first kappa shape index (κ1) is 14.5. The Balaban J connectivity index is 2.10. The molecule has 3 rings (SSSR count). The second-order valence-electron chi connectivity index (χ2n) is 5.57. The molecule has 1 aromatic heterocycles. The molecule has 22 heavy (non-hydrogen) atoms. The fraction of sp³-hybridized carbons (Fsp3) is 0.150. The summed E-state index contributed by atoms with van der Waals surface area (Å²) in [5.41, 5.74) is 2.95. The van der Waals surface area contributed by atoms with Gasteiger partial charge in [0, 0.05) is 18.8 Å². The standard InChI is InChI=1S/C20H19NO/c1-16-15-21-13-12-17(16)14-20(22,18-8-4-2-5-9-18)19-10-6-3-7-11-19/h2-13,15,22H,14H2,1H3. The lowest BCUT2D eigenvalue weighted by Crippen LogP contribution is -2.30. The van der Waals surface area contributed by atoms with Crippen molar-refractivity contribution in [3.05, 3.63) is 101 Å². The molecule has 2 nitrogen and oxygen atoms in total. The lowest BCUT2D eigenvalue weighted by Gasteiger charge is -2.30. The van der Waals surface area contributed by atoms with Gasteiger partial charge >= 0.3 is 0 Å². The van der Waals surface area contributed by atoms with Gasteiger partial charge in [-0.2, -0.15) is 0 Å². The predicted molar refractivity (Wildman–Crippen MR) is 88.6 cm³/mol. The third-order valence-corrected chi connectivity index (χ3v) is 4.09. The van der Waals surface area contributed by atoms with Crippen LogP contribution < -0.4 is 0 Å². The van der Waals surface area contributed by atoms with Crippen LogP contribution >= 0.6 is 0 Å². The summed E-state index contributed by atoms with van der Waals surface area (Å²) in [5.74, 6) is 0. The molecule has 0 saturated carbocycles. The van der Waals surface area contributed by atoms with Crippen LogP contribution in [-0.4, -0.2) is 10.1 Å². The summed E-state index contributed by atoms with van der Waals surface area (Å²) < 4.78 is 0. The second-order valence-corrected chi connectivity index (χ2v) is 5.57. The van der Waals surface area contributed by atoms with E-state index >= 15 is 0 Å². The molecule has 0 aliphatic rings. The van der Waals surface area contributed by atoms with Crippen molar-refractivity contribution >= 4 is 0 Å². The van der Waals surface area contributed by atoms with Crippen molar-refractivity contribution in [3.8, 4) is 0 Å². The van der Waals surface area contributed by atoms with E-state index in [2.05, 4.69) is 4.98 Å². The molecule has 0 aliphatic carbocycles. The van der Waals surface area contributed by atoms with Gasteiger partial charge in [-0.15, -0.1) is 0 Å². The monoisotopic (exact) mass is 289 g/mol. The molecular weight excluding hydrogens is 270 g/mol. The molecular formula is C20H19NO. The molecule has 0 saturated heterocycles. The molecule has 110 valence electrons. The van der Waals surface area contributed by atoms with Gasteiger partial charge in [0.25, 0.3) is 0 Å². The Kier molecular flexibility index (Phi) is 4.03. The number of hydrogen-bond donors (Lipinski definition) is 1. The molecule has 3 aromatic rings. The van der Waals surface area contributed by atoms with E-state index < -0.39 is 5.60 Å². The van der Waals surface area contributed by atoms with Crippen molar-refractivity contribution in [1.29, 1.82) is 0 Å². The van der Waals surface area contributed by atoms with Gasteiger partial charge in [0.2, 0.25) is 0 Å². The Hall–Kier alpha value is -2.45. The van der Waals surface area contributed by atoms with Gasteiger partial charge in [0.05, 0.1) is 0 Å². The van der Waals surface area contributed by atoms with Gasteiger partial charge < -0.3 is 5.11 Å². The fourth-order valence-corrected chi connectivity index (χ4v) is 2.77. The predicted octanol–water partition coefficient (Wildman–Crippen LogP) is 3.87. The van der Waals surface area contributed by atoms with Gasteiger partial charge in [-0.05, 0) is 35.2 Å². The Morgan fingerprint density at radius 1 is 0.864 bits per heavy atom. The zero-order valence-corrected chi connectivity index (χ0v) is 12.6. The zero-order chi connectivity index (χ0) is 15.4. The Morgan fingerprint density at radius 3 is 1.91 bits per heavy atom. The molecule has 2 aromatic carbocycles. The number of benzene rings is 2. The molecule has 0 atom stereocenters. The van der Waals surface area contributed by atoms with Crippen LogP contribution in [-0.2, 0) is 12.0 Å². The van der Waals surface area contributed by atoms with Crippen molar-refractivity contribution in [2.24, 2.45) is 0 Å². The summed E-state index contributed by atoms with van der Waals surface area (Å²) in [6, 6.07) is 21.7. The van der Waals surface area contributed by atoms with Gasteiger partial charge in [-0.25, -0.2) is 0 Å². The molecule has 0 fully saturated rings. The topological polar surface area (TPSA) is 33.1 Å². The van der Waals surface area contributed by atoms with Crippen LogP contribution in [0.3, 0.4) is 0 Å². The highest BCUT2D eigenvalue weighted by Gasteiger charge is 2.32. The molecule has 0 bridgehead atoms. The summed E-state index contributed by atoms with van der Waals surface area (Å²) in [6.45, 7) is 2.03. The SMILES string of the molecule is Cc1cnccc1CC(O)(c1ccccc1)c1ccccc1. The molecule has 1 heterocycles. The first-order valence-corrected chi connectivity index (χ1v) is 7.43. The minimum Gasteiger partial charge on any atom is -0.380 e. The van der Waals surface area contributed by atoms with E-state index in [0.717, 1.165) is 22.3 Å². The van der Waals surface area contributed by atoms with E-state index in [1.807, 2.05) is 79.9 Å². The second kappa shape index (κ2) is 6.12. The Labute approximate surface area is 131 Å². The maximum absolute atomic E-state index is 11.5. The van der Waals surface area contributed by atoms with Gasteiger partial charge in [-0.1, -0.05) is 60.7 Å². The Bertz CT molecular complexity index is 698. The van der Waals surface area contributed by atoms with Crippen LogP contribution in [0, 0.1) is 6.92 Å². The molecule has 0 amide bonds. The summed E-state index contributed by atoms with van der Waals surface area (Å²) in [7, 11) is 0. The van der Waals surface area contributed by atoms with Crippen molar-refractivity contribution < 1.29 is 5.11 Å². The lowest BCUT2D eigenvalue weighted by atomic mass is 9.81. The highest BCUT2D eigenvalue weighted by atomic mass is 16.3. The maximum atomic E-state index is 11.5. The van der Waals surface area contributed by atoms with Crippen LogP contribution in [0.2, 0.25) is 0 Å². The Morgan fingerprint density at radius 2 is 1.41 bits per heavy atom. The average molecular weight is 289 g/mol. The lowest BCUT2D eigenvalue weighted by molar-refractivity contribution is 0.0809. The van der Waals surface area contributed by atoms with E-state index in [4.69, 9.17) is 0 Å². The normalized spacial score (nSPS) is 11.4. The van der Waals surface area contributed by atoms with Crippen LogP contribution in [0.4, 0.5) is 0 Å². The molecule has 0 spiro atoms. The number of rotatable bonds is 4. The average Bonchev–Trinajstić information content (AvgIpc) is 2.58. The third kappa shape index (κ3) is 2.78. The van der Waals surface area contributed by atoms with E-state index in [0.29, 0.717) is 6.42 Å². The fourth-order valence-electron chi connectivity index (χ4n) is 2.77. The molecule has 0 radical (unpaired) electrons. The largest absolute Gasteiger partial charge is 0.380 e. The highest BCUT2D eigenvalue weighted by molar-refractivity contribution is 5.39.